The molecule has 2 aromatic carbocycles. The van der Waals surface area contributed by atoms with Crippen LogP contribution in [0.25, 0.3) is 0 Å². The third kappa shape index (κ3) is 2.97. The highest BCUT2D eigenvalue weighted by Gasteiger charge is 2.44. The Morgan fingerprint density at radius 1 is 1.18 bits per heavy atom. The number of hydrogen-bond acceptors (Lipinski definition) is 2. The van der Waals surface area contributed by atoms with Gasteiger partial charge in [0.2, 0.25) is 5.91 Å². The summed E-state index contributed by atoms with van der Waals surface area (Å²) < 4.78 is 26.8. The van der Waals surface area contributed by atoms with Gasteiger partial charge in [-0.25, -0.2) is 8.78 Å². The highest BCUT2D eigenvalue weighted by molar-refractivity contribution is 9.10. The molecule has 2 aromatic rings. The van der Waals surface area contributed by atoms with Crippen molar-refractivity contribution in [2.24, 2.45) is 5.92 Å². The largest absolute Gasteiger partial charge is 0.506 e. The fraction of sp³-hybridized carbons (Fsp3) is 0.188. The molecule has 2 atom stereocenters. The Balaban J connectivity index is 1.68. The van der Waals surface area contributed by atoms with E-state index in [1.54, 1.807) is 12.1 Å². The summed E-state index contributed by atoms with van der Waals surface area (Å²) in [6, 6.07) is 8.47. The molecule has 0 aromatic heterocycles. The predicted octanol–water partition coefficient (Wildman–Crippen LogP) is 4.18. The van der Waals surface area contributed by atoms with E-state index < -0.39 is 11.6 Å². The first-order chi connectivity index (χ1) is 10.5. The van der Waals surface area contributed by atoms with Crippen LogP contribution in [0.1, 0.15) is 17.9 Å². The zero-order valence-corrected chi connectivity index (χ0v) is 12.9. The summed E-state index contributed by atoms with van der Waals surface area (Å²) >= 11 is 3.22. The minimum atomic E-state index is -0.908. The zero-order chi connectivity index (χ0) is 15.9. The average molecular weight is 368 g/mol. The number of amides is 1. The number of phenolic OH excluding ortho intramolecular Hbond substituents is 1. The Hall–Kier alpha value is -1.95. The first kappa shape index (κ1) is 15.0. The zero-order valence-electron chi connectivity index (χ0n) is 11.3. The lowest BCUT2D eigenvalue weighted by molar-refractivity contribution is -0.117. The number of aromatic hydroxyl groups is 1. The molecule has 0 heterocycles. The quantitative estimate of drug-likeness (QED) is 0.799. The van der Waals surface area contributed by atoms with Gasteiger partial charge in [-0.3, -0.25) is 4.79 Å². The highest BCUT2D eigenvalue weighted by Crippen LogP contribution is 2.48. The van der Waals surface area contributed by atoms with Gasteiger partial charge in [0.15, 0.2) is 11.6 Å². The van der Waals surface area contributed by atoms with Gasteiger partial charge in [0.25, 0.3) is 0 Å². The van der Waals surface area contributed by atoms with E-state index in [2.05, 4.69) is 21.2 Å². The Morgan fingerprint density at radius 3 is 2.64 bits per heavy atom. The third-order valence-electron chi connectivity index (χ3n) is 3.72. The van der Waals surface area contributed by atoms with Crippen LogP contribution in [0.2, 0.25) is 0 Å². The molecule has 2 N–H and O–H groups in total. The van der Waals surface area contributed by atoms with Crippen molar-refractivity contribution in [1.29, 1.82) is 0 Å². The van der Waals surface area contributed by atoms with Crippen molar-refractivity contribution in [2.75, 3.05) is 5.32 Å². The first-order valence-electron chi connectivity index (χ1n) is 6.70. The number of carbonyl (C=O) groups excluding carboxylic acids is 1. The fourth-order valence-electron chi connectivity index (χ4n) is 2.43. The van der Waals surface area contributed by atoms with Crippen molar-refractivity contribution in [3.05, 3.63) is 58.1 Å². The lowest BCUT2D eigenvalue weighted by Gasteiger charge is -2.07. The van der Waals surface area contributed by atoms with Gasteiger partial charge in [-0.05, 0) is 48.2 Å². The Labute approximate surface area is 134 Å². The van der Waals surface area contributed by atoms with Gasteiger partial charge in [-0.2, -0.15) is 0 Å². The Morgan fingerprint density at radius 2 is 1.95 bits per heavy atom. The van der Waals surface area contributed by atoms with Crippen LogP contribution in [0.15, 0.2) is 40.9 Å². The number of benzene rings is 2. The molecule has 0 radical (unpaired) electrons. The number of hydrogen-bond donors (Lipinski definition) is 2. The van der Waals surface area contributed by atoms with Crippen LogP contribution < -0.4 is 5.32 Å². The summed E-state index contributed by atoms with van der Waals surface area (Å²) in [6.45, 7) is 0. The van der Waals surface area contributed by atoms with E-state index in [4.69, 9.17) is 0 Å². The summed E-state index contributed by atoms with van der Waals surface area (Å²) in [5.41, 5.74) is 0.934. The summed E-state index contributed by atoms with van der Waals surface area (Å²) in [6.07, 6.45) is 0.578. The maximum atomic E-state index is 13.2. The van der Waals surface area contributed by atoms with Crippen molar-refractivity contribution >= 4 is 27.5 Å². The lowest BCUT2D eigenvalue weighted by atomic mass is 10.1. The third-order valence-corrected chi connectivity index (χ3v) is 4.21. The molecule has 1 fully saturated rings. The maximum Gasteiger partial charge on any atom is 0.228 e. The summed E-state index contributed by atoms with van der Waals surface area (Å²) in [4.78, 5) is 12.1. The van der Waals surface area contributed by atoms with Gasteiger partial charge in [0.1, 0.15) is 5.75 Å². The van der Waals surface area contributed by atoms with Crippen molar-refractivity contribution in [3.63, 3.8) is 0 Å². The molecule has 0 spiro atoms. The van der Waals surface area contributed by atoms with Crippen molar-refractivity contribution in [2.45, 2.75) is 12.3 Å². The van der Waals surface area contributed by atoms with Crippen LogP contribution in [0.3, 0.4) is 0 Å². The van der Waals surface area contributed by atoms with Crippen molar-refractivity contribution < 1.29 is 18.7 Å². The Kier molecular flexibility index (Phi) is 3.87. The summed E-state index contributed by atoms with van der Waals surface area (Å²) in [7, 11) is 0. The van der Waals surface area contributed by atoms with Crippen LogP contribution in [0.5, 0.6) is 5.75 Å². The molecule has 0 saturated heterocycles. The van der Waals surface area contributed by atoms with E-state index in [-0.39, 0.29) is 23.5 Å². The van der Waals surface area contributed by atoms with E-state index >= 15 is 0 Å². The molecular weight excluding hydrogens is 356 g/mol. The highest BCUT2D eigenvalue weighted by atomic mass is 79.9. The standard InChI is InChI=1S/C16H12BrF2NO2/c17-9-2-4-14(15(21)6-9)20-16(22)11-7-10(11)8-1-3-12(18)13(19)5-8/h1-6,10-11,21H,7H2,(H,20,22). The van der Waals surface area contributed by atoms with Crippen molar-refractivity contribution in [3.8, 4) is 5.75 Å². The van der Waals surface area contributed by atoms with Gasteiger partial charge in [0.05, 0.1) is 5.69 Å². The van der Waals surface area contributed by atoms with E-state index in [0.717, 1.165) is 12.1 Å². The molecule has 3 nitrogen and oxygen atoms in total. The van der Waals surface area contributed by atoms with Gasteiger partial charge in [-0.1, -0.05) is 22.0 Å². The summed E-state index contributed by atoms with van der Waals surface area (Å²) in [5, 5.41) is 12.4. The second-order valence-electron chi connectivity index (χ2n) is 5.27. The predicted molar refractivity (Wildman–Crippen MR) is 81.6 cm³/mol. The fourth-order valence-corrected chi connectivity index (χ4v) is 2.78. The van der Waals surface area contributed by atoms with Crippen LogP contribution in [-0.2, 0) is 4.79 Å². The number of carbonyl (C=O) groups is 1. The molecule has 114 valence electrons. The molecule has 2 unspecified atom stereocenters. The molecule has 0 bridgehead atoms. The number of halogens is 3. The molecular formula is C16H12BrF2NO2. The molecule has 1 amide bonds. The monoisotopic (exact) mass is 367 g/mol. The topological polar surface area (TPSA) is 49.3 Å². The average Bonchev–Trinajstić information content (AvgIpc) is 3.25. The van der Waals surface area contributed by atoms with Crippen LogP contribution in [0, 0.1) is 17.6 Å². The molecule has 1 saturated carbocycles. The second kappa shape index (κ2) is 5.68. The van der Waals surface area contributed by atoms with E-state index in [1.165, 1.54) is 12.1 Å². The molecule has 6 heteroatoms. The second-order valence-corrected chi connectivity index (χ2v) is 6.19. The van der Waals surface area contributed by atoms with E-state index in [0.29, 0.717) is 22.1 Å². The SMILES string of the molecule is O=C(Nc1ccc(Br)cc1O)C1CC1c1ccc(F)c(F)c1. The number of phenols is 1. The Bertz CT molecular complexity index is 751. The molecule has 3 rings (SSSR count). The molecule has 1 aliphatic carbocycles. The van der Waals surface area contributed by atoms with Gasteiger partial charge in [0, 0.05) is 10.4 Å². The maximum absolute atomic E-state index is 13.2. The minimum Gasteiger partial charge on any atom is -0.506 e. The first-order valence-corrected chi connectivity index (χ1v) is 7.49. The van der Waals surface area contributed by atoms with Crippen LogP contribution >= 0.6 is 15.9 Å². The van der Waals surface area contributed by atoms with Crippen LogP contribution in [-0.4, -0.2) is 11.0 Å². The number of nitrogens with one attached hydrogen (secondary N) is 1. The number of rotatable bonds is 3. The molecule has 0 aliphatic heterocycles. The molecule has 1 aliphatic rings. The lowest BCUT2D eigenvalue weighted by Crippen LogP contribution is -2.14. The van der Waals surface area contributed by atoms with Crippen molar-refractivity contribution in [1.82, 2.24) is 0 Å². The van der Waals surface area contributed by atoms with E-state index in [9.17, 15) is 18.7 Å². The molecule has 22 heavy (non-hydrogen) atoms. The summed E-state index contributed by atoms with van der Waals surface area (Å²) in [5.74, 6) is -2.50. The minimum absolute atomic E-state index is 0.0345. The van der Waals surface area contributed by atoms with Gasteiger partial charge >= 0.3 is 0 Å². The van der Waals surface area contributed by atoms with E-state index in [1.807, 2.05) is 0 Å². The number of anilines is 1. The smallest absolute Gasteiger partial charge is 0.228 e. The van der Waals surface area contributed by atoms with Crippen LogP contribution in [0.4, 0.5) is 14.5 Å². The normalized spacial score (nSPS) is 19.8. The van der Waals surface area contributed by atoms with Gasteiger partial charge in [-0.15, -0.1) is 0 Å². The van der Waals surface area contributed by atoms with Gasteiger partial charge < -0.3 is 10.4 Å².